The van der Waals surface area contributed by atoms with Crippen LogP contribution in [0.3, 0.4) is 0 Å². The van der Waals surface area contributed by atoms with Crippen molar-refractivity contribution >= 4 is 22.5 Å². The highest BCUT2D eigenvalue weighted by molar-refractivity contribution is 6.05. The summed E-state index contributed by atoms with van der Waals surface area (Å²) in [5.74, 6) is -0.0981. The van der Waals surface area contributed by atoms with Gasteiger partial charge in [-0.2, -0.15) is 0 Å². The zero-order valence-corrected chi connectivity index (χ0v) is 14.1. The van der Waals surface area contributed by atoms with Crippen LogP contribution in [0.25, 0.3) is 22.0 Å². The van der Waals surface area contributed by atoms with Gasteiger partial charge in [-0.05, 0) is 59.0 Å². The highest BCUT2D eigenvalue weighted by atomic mass is 16.1. The van der Waals surface area contributed by atoms with E-state index in [1.165, 1.54) is 22.3 Å². The number of anilines is 1. The number of amides is 1. The molecule has 1 aliphatic carbocycles. The summed E-state index contributed by atoms with van der Waals surface area (Å²) in [4.78, 5) is 17.0. The van der Waals surface area contributed by atoms with Crippen molar-refractivity contribution < 1.29 is 4.79 Å². The molecular formula is C23H16N2O. The Bertz CT molecular complexity index is 1160. The van der Waals surface area contributed by atoms with Gasteiger partial charge in [-0.15, -0.1) is 0 Å². The number of nitrogens with zero attached hydrogens (tertiary/aromatic N) is 1. The second kappa shape index (κ2) is 5.81. The largest absolute Gasteiger partial charge is 0.322 e. The Morgan fingerprint density at radius 2 is 1.73 bits per heavy atom. The lowest BCUT2D eigenvalue weighted by Crippen LogP contribution is -2.12. The highest BCUT2D eigenvalue weighted by Crippen LogP contribution is 2.36. The van der Waals surface area contributed by atoms with E-state index in [0.717, 1.165) is 23.0 Å². The van der Waals surface area contributed by atoms with Crippen molar-refractivity contribution in [3.8, 4) is 11.1 Å². The fourth-order valence-electron chi connectivity index (χ4n) is 3.63. The third-order valence-electron chi connectivity index (χ3n) is 4.92. The molecule has 4 aromatic rings. The van der Waals surface area contributed by atoms with Gasteiger partial charge in [-0.1, -0.05) is 42.5 Å². The van der Waals surface area contributed by atoms with E-state index in [-0.39, 0.29) is 5.91 Å². The first kappa shape index (κ1) is 14.8. The first-order valence-electron chi connectivity index (χ1n) is 8.65. The number of nitrogens with one attached hydrogen (secondary N) is 1. The van der Waals surface area contributed by atoms with Crippen LogP contribution in [0.1, 0.15) is 21.5 Å². The molecule has 1 N–H and O–H groups in total. The monoisotopic (exact) mass is 336 g/mol. The van der Waals surface area contributed by atoms with Crippen LogP contribution in [0.15, 0.2) is 79.0 Å². The number of benzene rings is 3. The van der Waals surface area contributed by atoms with Gasteiger partial charge in [-0.3, -0.25) is 9.78 Å². The summed E-state index contributed by atoms with van der Waals surface area (Å²) in [6, 6.07) is 24.1. The number of pyridine rings is 1. The lowest BCUT2D eigenvalue weighted by molar-refractivity contribution is 0.102. The zero-order chi connectivity index (χ0) is 17.5. The molecule has 1 amide bonds. The molecule has 0 unspecified atom stereocenters. The Morgan fingerprint density at radius 1 is 0.846 bits per heavy atom. The lowest BCUT2D eigenvalue weighted by atomic mass is 10.0. The molecule has 3 aromatic carbocycles. The fourth-order valence-corrected chi connectivity index (χ4v) is 3.63. The molecule has 0 aliphatic heterocycles. The number of hydrogen-bond acceptors (Lipinski definition) is 2. The van der Waals surface area contributed by atoms with Crippen LogP contribution >= 0.6 is 0 Å². The molecule has 0 bridgehead atoms. The van der Waals surface area contributed by atoms with E-state index in [4.69, 9.17) is 0 Å². The average molecular weight is 336 g/mol. The van der Waals surface area contributed by atoms with Crippen molar-refractivity contribution in [1.29, 1.82) is 0 Å². The fraction of sp³-hybridized carbons (Fsp3) is 0.0435. The molecular weight excluding hydrogens is 320 g/mol. The van der Waals surface area contributed by atoms with E-state index in [1.54, 1.807) is 6.20 Å². The number of rotatable bonds is 2. The van der Waals surface area contributed by atoms with Gasteiger partial charge in [0.05, 0.1) is 5.52 Å². The maximum atomic E-state index is 12.7. The Balaban J connectivity index is 1.43. The van der Waals surface area contributed by atoms with E-state index in [2.05, 4.69) is 40.6 Å². The first-order valence-corrected chi connectivity index (χ1v) is 8.65. The molecule has 1 aliphatic rings. The van der Waals surface area contributed by atoms with Crippen molar-refractivity contribution in [2.45, 2.75) is 6.42 Å². The molecule has 0 atom stereocenters. The SMILES string of the molecule is O=C(Nc1ccc2cccnc2c1)c1ccc2c(c1)Cc1ccccc1-2. The molecule has 0 saturated carbocycles. The minimum Gasteiger partial charge on any atom is -0.322 e. The summed E-state index contributed by atoms with van der Waals surface area (Å²) in [7, 11) is 0. The van der Waals surface area contributed by atoms with E-state index < -0.39 is 0 Å². The third kappa shape index (κ3) is 2.45. The van der Waals surface area contributed by atoms with E-state index >= 15 is 0 Å². The van der Waals surface area contributed by atoms with Gasteiger partial charge in [-0.25, -0.2) is 0 Å². The summed E-state index contributed by atoms with van der Waals surface area (Å²) < 4.78 is 0. The van der Waals surface area contributed by atoms with Gasteiger partial charge in [0.25, 0.3) is 5.91 Å². The average Bonchev–Trinajstić information content (AvgIpc) is 3.05. The van der Waals surface area contributed by atoms with Crippen LogP contribution in [0.4, 0.5) is 5.69 Å². The first-order chi connectivity index (χ1) is 12.8. The van der Waals surface area contributed by atoms with Crippen molar-refractivity contribution in [3.05, 3.63) is 95.7 Å². The molecule has 0 spiro atoms. The van der Waals surface area contributed by atoms with Gasteiger partial charge < -0.3 is 5.32 Å². The van der Waals surface area contributed by atoms with E-state index in [9.17, 15) is 4.79 Å². The van der Waals surface area contributed by atoms with Crippen molar-refractivity contribution in [2.75, 3.05) is 5.32 Å². The van der Waals surface area contributed by atoms with E-state index in [1.807, 2.05) is 42.5 Å². The second-order valence-electron chi connectivity index (χ2n) is 6.57. The maximum absolute atomic E-state index is 12.7. The Labute approximate surface area is 151 Å². The second-order valence-corrected chi connectivity index (χ2v) is 6.57. The number of fused-ring (bicyclic) bond motifs is 4. The summed E-state index contributed by atoms with van der Waals surface area (Å²) in [6.45, 7) is 0. The molecule has 5 rings (SSSR count). The number of aromatic nitrogens is 1. The van der Waals surface area contributed by atoms with Crippen LogP contribution in [-0.4, -0.2) is 10.9 Å². The van der Waals surface area contributed by atoms with Crippen LogP contribution in [0.2, 0.25) is 0 Å². The summed E-state index contributed by atoms with van der Waals surface area (Å²) >= 11 is 0. The summed E-state index contributed by atoms with van der Waals surface area (Å²) in [5.41, 5.74) is 7.33. The van der Waals surface area contributed by atoms with Crippen molar-refractivity contribution in [2.24, 2.45) is 0 Å². The van der Waals surface area contributed by atoms with Crippen LogP contribution < -0.4 is 5.32 Å². The Kier molecular flexibility index (Phi) is 3.32. The Morgan fingerprint density at radius 3 is 2.69 bits per heavy atom. The molecule has 3 nitrogen and oxygen atoms in total. The minimum absolute atomic E-state index is 0.0981. The molecule has 1 aromatic heterocycles. The molecule has 0 fully saturated rings. The van der Waals surface area contributed by atoms with Gasteiger partial charge in [0.15, 0.2) is 0 Å². The molecule has 0 saturated heterocycles. The van der Waals surface area contributed by atoms with Crippen molar-refractivity contribution in [1.82, 2.24) is 4.98 Å². The summed E-state index contributed by atoms with van der Waals surface area (Å²) in [5, 5.41) is 4.04. The maximum Gasteiger partial charge on any atom is 0.255 e. The molecule has 3 heteroatoms. The van der Waals surface area contributed by atoms with Crippen LogP contribution in [0.5, 0.6) is 0 Å². The molecule has 0 radical (unpaired) electrons. The standard InChI is InChI=1S/C23H16N2O/c26-23(25-19-9-7-15-5-3-11-24-22(15)14-19)17-8-10-21-18(13-17)12-16-4-1-2-6-20(16)21/h1-11,13-14H,12H2,(H,25,26). The number of carbonyl (C=O) groups is 1. The number of hydrogen-bond donors (Lipinski definition) is 1. The van der Waals surface area contributed by atoms with Crippen LogP contribution in [-0.2, 0) is 6.42 Å². The predicted octanol–water partition coefficient (Wildman–Crippen LogP) is 5.06. The number of carbonyl (C=O) groups excluding carboxylic acids is 1. The Hall–Kier alpha value is -3.46. The lowest BCUT2D eigenvalue weighted by Gasteiger charge is -2.08. The molecule has 124 valence electrons. The van der Waals surface area contributed by atoms with Gasteiger partial charge >= 0.3 is 0 Å². The van der Waals surface area contributed by atoms with Gasteiger partial charge in [0.2, 0.25) is 0 Å². The molecule has 1 heterocycles. The quantitative estimate of drug-likeness (QED) is 0.490. The zero-order valence-electron chi connectivity index (χ0n) is 14.1. The predicted molar refractivity (Wildman–Crippen MR) is 104 cm³/mol. The van der Waals surface area contributed by atoms with Crippen LogP contribution in [0, 0.1) is 0 Å². The smallest absolute Gasteiger partial charge is 0.255 e. The topological polar surface area (TPSA) is 42.0 Å². The normalized spacial score (nSPS) is 11.8. The van der Waals surface area contributed by atoms with Crippen molar-refractivity contribution in [3.63, 3.8) is 0 Å². The minimum atomic E-state index is -0.0981. The highest BCUT2D eigenvalue weighted by Gasteiger charge is 2.19. The summed E-state index contributed by atoms with van der Waals surface area (Å²) in [6.07, 6.45) is 2.64. The van der Waals surface area contributed by atoms with Gasteiger partial charge in [0, 0.05) is 22.8 Å². The third-order valence-corrected chi connectivity index (χ3v) is 4.92. The van der Waals surface area contributed by atoms with Gasteiger partial charge in [0.1, 0.15) is 0 Å². The van der Waals surface area contributed by atoms with E-state index in [0.29, 0.717) is 5.56 Å². The molecule has 26 heavy (non-hydrogen) atoms.